The molecular formula is C17H18N2O7S. The van der Waals surface area contributed by atoms with E-state index in [1.807, 2.05) is 13.8 Å². The van der Waals surface area contributed by atoms with Gasteiger partial charge in [-0.25, -0.2) is 0 Å². The lowest BCUT2D eigenvalue weighted by Gasteiger charge is -2.12. The highest BCUT2D eigenvalue weighted by Gasteiger charge is 2.36. The first kappa shape index (κ1) is 20.4. The maximum atomic E-state index is 12.4. The van der Waals surface area contributed by atoms with Crippen LogP contribution in [0.3, 0.4) is 0 Å². The van der Waals surface area contributed by atoms with E-state index in [0.29, 0.717) is 17.3 Å². The van der Waals surface area contributed by atoms with Crippen molar-refractivity contribution >= 4 is 40.6 Å². The number of amides is 2. The Hall–Kier alpha value is -2.88. The first-order valence-electron chi connectivity index (χ1n) is 7.96. The van der Waals surface area contributed by atoms with Gasteiger partial charge in [0.25, 0.3) is 11.1 Å². The van der Waals surface area contributed by atoms with Crippen LogP contribution < -0.4 is 4.74 Å². The molecule has 0 bridgehead atoms. The fourth-order valence-corrected chi connectivity index (χ4v) is 3.00. The van der Waals surface area contributed by atoms with Crippen LogP contribution in [-0.2, 0) is 14.3 Å². The fourth-order valence-electron chi connectivity index (χ4n) is 2.16. The predicted molar refractivity (Wildman–Crippen MR) is 98.1 cm³/mol. The SMILES string of the molecule is COc1ccc(/C=C2/SC(=O)N(CC(=O)OCC(C)C)C2=O)cc1[N+](=O)[O-]. The normalized spacial score (nSPS) is 15.6. The molecule has 0 saturated carbocycles. The summed E-state index contributed by atoms with van der Waals surface area (Å²) < 4.78 is 9.90. The van der Waals surface area contributed by atoms with Crippen molar-refractivity contribution in [3.8, 4) is 5.75 Å². The molecule has 1 heterocycles. The number of nitrogens with zero attached hydrogens (tertiary/aromatic N) is 2. The topological polar surface area (TPSA) is 116 Å². The lowest BCUT2D eigenvalue weighted by molar-refractivity contribution is -0.385. The van der Waals surface area contributed by atoms with Gasteiger partial charge in [0.05, 0.1) is 23.5 Å². The van der Waals surface area contributed by atoms with E-state index >= 15 is 0 Å². The summed E-state index contributed by atoms with van der Waals surface area (Å²) in [5.41, 5.74) is 0.0955. The third-order valence-corrected chi connectivity index (χ3v) is 4.34. The number of carbonyl (C=O) groups excluding carboxylic acids is 3. The van der Waals surface area contributed by atoms with Crippen LogP contribution in [0, 0.1) is 16.0 Å². The van der Waals surface area contributed by atoms with Crippen molar-refractivity contribution in [2.24, 2.45) is 5.92 Å². The van der Waals surface area contributed by atoms with Crippen molar-refractivity contribution in [2.45, 2.75) is 13.8 Å². The minimum Gasteiger partial charge on any atom is -0.490 e. The van der Waals surface area contributed by atoms with E-state index in [0.717, 1.165) is 4.90 Å². The number of methoxy groups -OCH3 is 1. The number of carbonyl (C=O) groups is 3. The van der Waals surface area contributed by atoms with E-state index in [1.54, 1.807) is 0 Å². The molecule has 2 rings (SSSR count). The number of benzene rings is 1. The smallest absolute Gasteiger partial charge is 0.326 e. The Balaban J connectivity index is 2.17. The number of nitro benzene ring substituents is 1. The van der Waals surface area contributed by atoms with Gasteiger partial charge >= 0.3 is 11.7 Å². The third-order valence-electron chi connectivity index (χ3n) is 3.44. The Morgan fingerprint density at radius 3 is 2.67 bits per heavy atom. The molecule has 27 heavy (non-hydrogen) atoms. The second kappa shape index (κ2) is 8.67. The highest BCUT2D eigenvalue weighted by Crippen LogP contribution is 2.34. The van der Waals surface area contributed by atoms with Crippen LogP contribution in [0.2, 0.25) is 0 Å². The van der Waals surface area contributed by atoms with E-state index in [4.69, 9.17) is 9.47 Å². The highest BCUT2D eigenvalue weighted by atomic mass is 32.2. The van der Waals surface area contributed by atoms with Crippen LogP contribution >= 0.6 is 11.8 Å². The van der Waals surface area contributed by atoms with E-state index in [-0.39, 0.29) is 28.9 Å². The quantitative estimate of drug-likeness (QED) is 0.300. The maximum absolute atomic E-state index is 12.4. The summed E-state index contributed by atoms with van der Waals surface area (Å²) in [4.78, 5) is 47.5. The van der Waals surface area contributed by atoms with Gasteiger partial charge in [-0.05, 0) is 35.4 Å². The molecule has 0 unspecified atom stereocenters. The van der Waals surface area contributed by atoms with E-state index in [2.05, 4.69) is 0 Å². The zero-order valence-corrected chi connectivity index (χ0v) is 15.8. The number of esters is 1. The lowest BCUT2D eigenvalue weighted by atomic mass is 10.1. The van der Waals surface area contributed by atoms with Gasteiger partial charge in [0.2, 0.25) is 0 Å². The molecule has 0 aromatic heterocycles. The summed E-state index contributed by atoms with van der Waals surface area (Å²) in [7, 11) is 1.31. The molecule has 0 aliphatic carbocycles. The summed E-state index contributed by atoms with van der Waals surface area (Å²) in [6.45, 7) is 3.45. The van der Waals surface area contributed by atoms with Crippen molar-refractivity contribution in [3.05, 3.63) is 38.8 Å². The number of imide groups is 1. The van der Waals surface area contributed by atoms with Gasteiger partial charge in [0, 0.05) is 6.07 Å². The van der Waals surface area contributed by atoms with Gasteiger partial charge in [0.15, 0.2) is 5.75 Å². The molecule has 144 valence electrons. The largest absolute Gasteiger partial charge is 0.490 e. The minimum atomic E-state index is -0.674. The summed E-state index contributed by atoms with van der Waals surface area (Å²) in [5, 5.41) is 10.5. The zero-order chi connectivity index (χ0) is 20.1. The second-order valence-electron chi connectivity index (χ2n) is 6.03. The van der Waals surface area contributed by atoms with E-state index < -0.39 is 28.6 Å². The number of ether oxygens (including phenoxy) is 2. The van der Waals surface area contributed by atoms with Crippen LogP contribution in [0.25, 0.3) is 6.08 Å². The Morgan fingerprint density at radius 2 is 2.07 bits per heavy atom. The summed E-state index contributed by atoms with van der Waals surface area (Å²) >= 11 is 0.657. The molecule has 0 spiro atoms. The molecule has 0 N–H and O–H groups in total. The highest BCUT2D eigenvalue weighted by molar-refractivity contribution is 8.18. The molecule has 9 nitrogen and oxygen atoms in total. The average molecular weight is 394 g/mol. The van der Waals surface area contributed by atoms with Crippen LogP contribution in [0.5, 0.6) is 5.75 Å². The number of hydrogen-bond acceptors (Lipinski definition) is 8. The van der Waals surface area contributed by atoms with E-state index in [1.165, 1.54) is 31.4 Å². The molecule has 1 aliphatic heterocycles. The number of thioether (sulfide) groups is 1. The Kier molecular flexibility index (Phi) is 6.56. The third kappa shape index (κ3) is 5.07. The van der Waals surface area contributed by atoms with Crippen molar-refractivity contribution in [3.63, 3.8) is 0 Å². The maximum Gasteiger partial charge on any atom is 0.326 e. The first-order chi connectivity index (χ1) is 12.7. The van der Waals surface area contributed by atoms with Gasteiger partial charge in [-0.15, -0.1) is 0 Å². The van der Waals surface area contributed by atoms with Crippen LogP contribution in [0.1, 0.15) is 19.4 Å². The summed E-state index contributed by atoms with van der Waals surface area (Å²) in [6.07, 6.45) is 1.36. The van der Waals surface area contributed by atoms with Crippen LogP contribution in [0.15, 0.2) is 23.1 Å². The number of rotatable bonds is 7. The van der Waals surface area contributed by atoms with Crippen molar-refractivity contribution in [1.82, 2.24) is 4.90 Å². The molecule has 1 fully saturated rings. The molecule has 10 heteroatoms. The summed E-state index contributed by atoms with van der Waals surface area (Å²) in [5.74, 6) is -1.11. The van der Waals surface area contributed by atoms with Gasteiger partial charge < -0.3 is 9.47 Å². The molecule has 0 atom stereocenters. The molecule has 0 radical (unpaired) electrons. The molecule has 1 aromatic rings. The Labute approximate surface area is 159 Å². The van der Waals surface area contributed by atoms with Crippen molar-refractivity contribution in [2.75, 3.05) is 20.3 Å². The second-order valence-corrected chi connectivity index (χ2v) is 7.03. The van der Waals surface area contributed by atoms with Crippen molar-refractivity contribution < 1.29 is 28.8 Å². The van der Waals surface area contributed by atoms with Gasteiger partial charge in [-0.2, -0.15) is 0 Å². The number of nitro groups is 1. The van der Waals surface area contributed by atoms with Crippen LogP contribution in [0.4, 0.5) is 10.5 Å². The zero-order valence-electron chi connectivity index (χ0n) is 15.0. The van der Waals surface area contributed by atoms with Gasteiger partial charge in [0.1, 0.15) is 6.54 Å². The average Bonchev–Trinajstić information content (AvgIpc) is 2.87. The van der Waals surface area contributed by atoms with Crippen LogP contribution in [-0.4, -0.2) is 47.2 Å². The lowest BCUT2D eigenvalue weighted by Crippen LogP contribution is -2.34. The monoisotopic (exact) mass is 394 g/mol. The minimum absolute atomic E-state index is 0.0659. The Morgan fingerprint density at radius 1 is 1.37 bits per heavy atom. The standard InChI is InChI=1S/C17H18N2O7S/c1-10(2)9-26-15(20)8-18-16(21)14(27-17(18)22)7-11-4-5-13(25-3)12(6-11)19(23)24/h4-7,10H,8-9H2,1-3H3/b14-7+. The molecular weight excluding hydrogens is 376 g/mol. The fraction of sp³-hybridized carbons (Fsp3) is 0.353. The van der Waals surface area contributed by atoms with Gasteiger partial charge in [-0.3, -0.25) is 29.4 Å². The Bertz CT molecular complexity index is 819. The molecule has 1 aromatic carbocycles. The molecule has 1 saturated heterocycles. The first-order valence-corrected chi connectivity index (χ1v) is 8.78. The predicted octanol–water partition coefficient (Wildman–Crippen LogP) is 2.84. The molecule has 1 aliphatic rings. The van der Waals surface area contributed by atoms with Gasteiger partial charge in [-0.1, -0.05) is 19.9 Å². The number of hydrogen-bond donors (Lipinski definition) is 0. The van der Waals surface area contributed by atoms with Crippen molar-refractivity contribution in [1.29, 1.82) is 0 Å². The molecule has 2 amide bonds. The van der Waals surface area contributed by atoms with E-state index in [9.17, 15) is 24.5 Å². The summed E-state index contributed by atoms with van der Waals surface area (Å²) in [6, 6.07) is 4.16.